The number of piperidine rings is 1. The van der Waals surface area contributed by atoms with Crippen molar-refractivity contribution < 1.29 is 23.8 Å². The number of carbonyl (C=O) groups is 2. The maximum atomic E-state index is 13.1. The third kappa shape index (κ3) is 5.08. The van der Waals surface area contributed by atoms with Crippen LogP contribution in [0.1, 0.15) is 36.5 Å². The van der Waals surface area contributed by atoms with E-state index in [2.05, 4.69) is 0 Å². The van der Waals surface area contributed by atoms with Crippen LogP contribution in [0.15, 0.2) is 24.3 Å². The molecule has 0 N–H and O–H groups in total. The van der Waals surface area contributed by atoms with E-state index in [0.717, 1.165) is 13.0 Å². The molecule has 0 saturated carbocycles. The molecule has 29 heavy (non-hydrogen) atoms. The highest BCUT2D eigenvalue weighted by Crippen LogP contribution is 2.43. The van der Waals surface area contributed by atoms with Crippen LogP contribution in [0.3, 0.4) is 0 Å². The van der Waals surface area contributed by atoms with Gasteiger partial charge in [-0.15, -0.1) is 0 Å². The lowest BCUT2D eigenvalue weighted by molar-refractivity contribution is -0.150. The fraction of sp³-hybridized carbons (Fsp3) is 0.636. The summed E-state index contributed by atoms with van der Waals surface area (Å²) in [5, 5.41) is 0. The second kappa shape index (κ2) is 9.59. The lowest BCUT2D eigenvalue weighted by Crippen LogP contribution is -2.45. The predicted molar refractivity (Wildman–Crippen MR) is 109 cm³/mol. The van der Waals surface area contributed by atoms with E-state index in [4.69, 9.17) is 14.2 Å². The number of para-hydroxylation sites is 1. The van der Waals surface area contributed by atoms with Crippen molar-refractivity contribution in [2.45, 2.75) is 32.3 Å². The topological polar surface area (TPSA) is 68.3 Å². The molecule has 0 bridgehead atoms. The number of hydrogen-bond acceptors (Lipinski definition) is 6. The first kappa shape index (κ1) is 21.6. The molecule has 2 saturated heterocycles. The van der Waals surface area contributed by atoms with E-state index in [1.165, 1.54) is 0 Å². The molecule has 1 unspecified atom stereocenters. The van der Waals surface area contributed by atoms with Crippen molar-refractivity contribution >= 4 is 11.9 Å². The molecular weight excluding hydrogens is 372 g/mol. The third-order valence-corrected chi connectivity index (χ3v) is 5.71. The minimum absolute atomic E-state index is 0.0527. The standard InChI is InChI=1S/C22H32N2O5/c1-4-27-13-14-28-19-8-6-5-7-18(19)20(25)24-11-9-22(10-12-24)15-17(16-23(2)3)29-21(22)26/h5-8,17H,4,9-16H2,1-3H3. The molecule has 2 fully saturated rings. The van der Waals surface area contributed by atoms with E-state index in [0.29, 0.717) is 57.1 Å². The van der Waals surface area contributed by atoms with Crippen LogP contribution in [0.25, 0.3) is 0 Å². The number of nitrogens with zero attached hydrogens (tertiary/aromatic N) is 2. The van der Waals surface area contributed by atoms with Crippen LogP contribution in [-0.4, -0.2) is 81.3 Å². The zero-order chi connectivity index (χ0) is 20.9. The number of amides is 1. The van der Waals surface area contributed by atoms with Gasteiger partial charge in [-0.3, -0.25) is 9.59 Å². The number of likely N-dealkylation sites (N-methyl/N-ethyl adjacent to an activating group) is 1. The number of rotatable bonds is 8. The number of ether oxygens (including phenoxy) is 3. The van der Waals surface area contributed by atoms with Crippen molar-refractivity contribution in [3.05, 3.63) is 29.8 Å². The maximum absolute atomic E-state index is 13.1. The summed E-state index contributed by atoms with van der Waals surface area (Å²) in [6, 6.07) is 7.30. The number of benzene rings is 1. The predicted octanol–water partition coefficient (Wildman–Crippen LogP) is 2.20. The van der Waals surface area contributed by atoms with E-state index in [-0.39, 0.29) is 18.0 Å². The molecule has 1 atom stereocenters. The van der Waals surface area contributed by atoms with E-state index in [1.807, 2.05) is 49.0 Å². The zero-order valence-electron chi connectivity index (χ0n) is 17.7. The van der Waals surface area contributed by atoms with Gasteiger partial charge in [0.25, 0.3) is 5.91 Å². The van der Waals surface area contributed by atoms with Crippen LogP contribution in [-0.2, 0) is 14.3 Å². The van der Waals surface area contributed by atoms with E-state index < -0.39 is 5.41 Å². The molecule has 3 rings (SSSR count). The van der Waals surface area contributed by atoms with Gasteiger partial charge in [0, 0.05) is 32.7 Å². The average molecular weight is 405 g/mol. The number of esters is 1. The Kier molecular flexibility index (Phi) is 7.14. The minimum Gasteiger partial charge on any atom is -0.490 e. The summed E-state index contributed by atoms with van der Waals surface area (Å²) < 4.78 is 16.7. The van der Waals surface area contributed by atoms with Gasteiger partial charge in [0.15, 0.2) is 0 Å². The van der Waals surface area contributed by atoms with Gasteiger partial charge in [-0.2, -0.15) is 0 Å². The summed E-state index contributed by atoms with van der Waals surface area (Å²) >= 11 is 0. The number of likely N-dealkylation sites (tertiary alicyclic amines) is 1. The quantitative estimate of drug-likeness (QED) is 0.489. The number of hydrogen-bond donors (Lipinski definition) is 0. The Labute approximate surface area is 172 Å². The summed E-state index contributed by atoms with van der Waals surface area (Å²) in [6.45, 7) is 5.30. The summed E-state index contributed by atoms with van der Waals surface area (Å²) in [6.07, 6.45) is 1.98. The minimum atomic E-state index is -0.440. The molecular formula is C22H32N2O5. The Morgan fingerprint density at radius 3 is 2.66 bits per heavy atom. The van der Waals surface area contributed by atoms with Crippen LogP contribution in [0.2, 0.25) is 0 Å². The van der Waals surface area contributed by atoms with Gasteiger partial charge in [0.2, 0.25) is 0 Å². The Morgan fingerprint density at radius 2 is 1.97 bits per heavy atom. The Balaban J connectivity index is 1.60. The second-order valence-corrected chi connectivity index (χ2v) is 8.11. The Bertz CT molecular complexity index is 713. The highest BCUT2D eigenvalue weighted by molar-refractivity contribution is 5.97. The molecule has 1 aromatic rings. The molecule has 2 heterocycles. The maximum Gasteiger partial charge on any atom is 0.312 e. The van der Waals surface area contributed by atoms with Crippen molar-refractivity contribution in [2.75, 3.05) is 53.6 Å². The van der Waals surface area contributed by atoms with E-state index >= 15 is 0 Å². The van der Waals surface area contributed by atoms with Crippen LogP contribution < -0.4 is 4.74 Å². The van der Waals surface area contributed by atoms with Crippen molar-refractivity contribution in [1.29, 1.82) is 0 Å². The fourth-order valence-electron chi connectivity index (χ4n) is 4.19. The molecule has 2 aliphatic rings. The summed E-state index contributed by atoms with van der Waals surface area (Å²) in [7, 11) is 3.96. The molecule has 7 heteroatoms. The monoisotopic (exact) mass is 404 g/mol. The summed E-state index contributed by atoms with van der Waals surface area (Å²) in [5.74, 6) is 0.419. The van der Waals surface area contributed by atoms with Gasteiger partial charge in [-0.05, 0) is 46.0 Å². The van der Waals surface area contributed by atoms with Gasteiger partial charge < -0.3 is 24.0 Å². The largest absolute Gasteiger partial charge is 0.490 e. The lowest BCUT2D eigenvalue weighted by Gasteiger charge is -2.36. The molecule has 0 aliphatic carbocycles. The number of carbonyl (C=O) groups excluding carboxylic acids is 2. The molecule has 0 aromatic heterocycles. The number of cyclic esters (lactones) is 1. The lowest BCUT2D eigenvalue weighted by atomic mass is 9.76. The molecule has 0 radical (unpaired) electrons. The normalized spacial score (nSPS) is 20.9. The van der Waals surface area contributed by atoms with Gasteiger partial charge in [0.1, 0.15) is 18.5 Å². The van der Waals surface area contributed by atoms with Crippen molar-refractivity contribution in [1.82, 2.24) is 9.80 Å². The van der Waals surface area contributed by atoms with Gasteiger partial charge >= 0.3 is 5.97 Å². The van der Waals surface area contributed by atoms with Crippen LogP contribution in [0.4, 0.5) is 0 Å². The van der Waals surface area contributed by atoms with E-state index in [1.54, 1.807) is 6.07 Å². The molecule has 160 valence electrons. The SMILES string of the molecule is CCOCCOc1ccccc1C(=O)N1CCC2(CC1)CC(CN(C)C)OC2=O. The summed E-state index contributed by atoms with van der Waals surface area (Å²) in [4.78, 5) is 29.5. The van der Waals surface area contributed by atoms with Crippen molar-refractivity contribution in [3.63, 3.8) is 0 Å². The smallest absolute Gasteiger partial charge is 0.312 e. The second-order valence-electron chi connectivity index (χ2n) is 8.11. The highest BCUT2D eigenvalue weighted by atomic mass is 16.6. The molecule has 2 aliphatic heterocycles. The first-order chi connectivity index (χ1) is 13.9. The van der Waals surface area contributed by atoms with Crippen molar-refractivity contribution in [2.24, 2.45) is 5.41 Å². The van der Waals surface area contributed by atoms with E-state index in [9.17, 15) is 9.59 Å². The molecule has 7 nitrogen and oxygen atoms in total. The molecule has 1 aromatic carbocycles. The molecule has 1 spiro atoms. The van der Waals surface area contributed by atoms with Gasteiger partial charge in [-0.1, -0.05) is 12.1 Å². The van der Waals surface area contributed by atoms with Gasteiger partial charge in [0.05, 0.1) is 17.6 Å². The third-order valence-electron chi connectivity index (χ3n) is 5.71. The Hall–Kier alpha value is -2.12. The zero-order valence-corrected chi connectivity index (χ0v) is 17.7. The summed E-state index contributed by atoms with van der Waals surface area (Å²) in [5.41, 5.74) is 0.116. The first-order valence-electron chi connectivity index (χ1n) is 10.4. The first-order valence-corrected chi connectivity index (χ1v) is 10.4. The molecule has 1 amide bonds. The Morgan fingerprint density at radius 1 is 1.24 bits per heavy atom. The fourth-order valence-corrected chi connectivity index (χ4v) is 4.19. The van der Waals surface area contributed by atoms with Crippen LogP contribution in [0.5, 0.6) is 5.75 Å². The van der Waals surface area contributed by atoms with Gasteiger partial charge in [-0.25, -0.2) is 0 Å². The van der Waals surface area contributed by atoms with Crippen molar-refractivity contribution in [3.8, 4) is 5.75 Å². The average Bonchev–Trinajstić information content (AvgIpc) is 2.99. The van der Waals surface area contributed by atoms with Crippen LogP contribution >= 0.6 is 0 Å². The highest BCUT2D eigenvalue weighted by Gasteiger charge is 2.50. The van der Waals surface area contributed by atoms with Crippen LogP contribution in [0, 0.1) is 5.41 Å².